The SMILES string of the molecule is CC(C)(C)c1ccc([C@](C)(CO)COS(=O)(=O)c2ccccc2)cc1. The van der Waals surface area contributed by atoms with Crippen LogP contribution in [0.4, 0.5) is 0 Å². The van der Waals surface area contributed by atoms with Crippen LogP contribution in [0.3, 0.4) is 0 Å². The molecule has 0 spiro atoms. The Morgan fingerprint density at radius 2 is 1.40 bits per heavy atom. The molecule has 0 aliphatic heterocycles. The van der Waals surface area contributed by atoms with E-state index in [1.165, 1.54) is 17.7 Å². The molecule has 0 aliphatic rings. The zero-order valence-electron chi connectivity index (χ0n) is 15.2. The van der Waals surface area contributed by atoms with E-state index < -0.39 is 15.5 Å². The molecule has 0 aromatic heterocycles. The van der Waals surface area contributed by atoms with E-state index in [1.54, 1.807) is 25.1 Å². The number of benzene rings is 2. The molecule has 0 heterocycles. The zero-order chi connectivity index (χ0) is 18.7. The standard InChI is InChI=1S/C20H26O4S/c1-19(2,3)16-10-12-17(13-11-16)20(4,14-21)15-24-25(22,23)18-8-6-5-7-9-18/h5-13,21H,14-15H2,1-4H3/t20-/m1/s1. The van der Waals surface area contributed by atoms with Crippen molar-refractivity contribution in [2.45, 2.75) is 43.4 Å². The molecule has 5 heteroatoms. The molecular formula is C20H26O4S. The van der Waals surface area contributed by atoms with Crippen LogP contribution >= 0.6 is 0 Å². The number of aliphatic hydroxyl groups excluding tert-OH is 1. The van der Waals surface area contributed by atoms with Gasteiger partial charge in [-0.15, -0.1) is 0 Å². The first kappa shape index (κ1) is 19.6. The Labute approximate surface area is 150 Å². The molecule has 0 bridgehead atoms. The molecule has 0 saturated heterocycles. The lowest BCUT2D eigenvalue weighted by Gasteiger charge is -2.28. The van der Waals surface area contributed by atoms with E-state index in [1.807, 2.05) is 24.3 Å². The summed E-state index contributed by atoms with van der Waals surface area (Å²) in [6, 6.07) is 15.9. The highest BCUT2D eigenvalue weighted by molar-refractivity contribution is 7.86. The zero-order valence-corrected chi connectivity index (χ0v) is 16.0. The van der Waals surface area contributed by atoms with Crippen LogP contribution in [-0.4, -0.2) is 26.7 Å². The highest BCUT2D eigenvalue weighted by atomic mass is 32.2. The Kier molecular flexibility index (Phi) is 5.72. The molecular weight excluding hydrogens is 336 g/mol. The lowest BCUT2D eigenvalue weighted by Crippen LogP contribution is -2.33. The summed E-state index contributed by atoms with van der Waals surface area (Å²) in [7, 11) is -3.85. The molecule has 0 aliphatic carbocycles. The number of hydrogen-bond acceptors (Lipinski definition) is 4. The summed E-state index contributed by atoms with van der Waals surface area (Å²) in [4.78, 5) is 0.110. The summed E-state index contributed by atoms with van der Waals surface area (Å²) in [5.74, 6) is 0. The first-order valence-corrected chi connectivity index (χ1v) is 9.66. The minimum atomic E-state index is -3.85. The Hall–Kier alpha value is -1.69. The Morgan fingerprint density at radius 1 is 0.880 bits per heavy atom. The van der Waals surface area contributed by atoms with Gasteiger partial charge in [-0.1, -0.05) is 70.2 Å². The molecule has 0 amide bonds. The monoisotopic (exact) mass is 362 g/mol. The molecule has 2 rings (SSSR count). The van der Waals surface area contributed by atoms with E-state index in [0.717, 1.165) is 5.56 Å². The van der Waals surface area contributed by atoms with Gasteiger partial charge in [0.15, 0.2) is 0 Å². The Balaban J connectivity index is 2.20. The molecule has 4 nitrogen and oxygen atoms in total. The Morgan fingerprint density at radius 3 is 1.88 bits per heavy atom. The molecule has 2 aromatic carbocycles. The summed E-state index contributed by atoms with van der Waals surface area (Å²) in [6.07, 6.45) is 0. The van der Waals surface area contributed by atoms with Crippen molar-refractivity contribution in [2.24, 2.45) is 0 Å². The molecule has 1 N–H and O–H groups in total. The van der Waals surface area contributed by atoms with Crippen LogP contribution in [-0.2, 0) is 25.1 Å². The third kappa shape index (κ3) is 4.69. The van der Waals surface area contributed by atoms with Crippen molar-refractivity contribution in [3.63, 3.8) is 0 Å². The van der Waals surface area contributed by atoms with Crippen molar-refractivity contribution in [1.29, 1.82) is 0 Å². The van der Waals surface area contributed by atoms with E-state index in [0.29, 0.717) is 0 Å². The van der Waals surface area contributed by atoms with Crippen LogP contribution in [0, 0.1) is 0 Å². The molecule has 0 radical (unpaired) electrons. The van der Waals surface area contributed by atoms with Gasteiger partial charge in [0.2, 0.25) is 0 Å². The van der Waals surface area contributed by atoms with Crippen LogP contribution in [0.1, 0.15) is 38.8 Å². The van der Waals surface area contributed by atoms with Crippen molar-refractivity contribution >= 4 is 10.1 Å². The molecule has 0 unspecified atom stereocenters. The third-order valence-electron chi connectivity index (χ3n) is 4.36. The van der Waals surface area contributed by atoms with E-state index in [9.17, 15) is 13.5 Å². The first-order valence-electron chi connectivity index (χ1n) is 8.25. The Bertz CT molecular complexity index is 790. The molecule has 1 atom stereocenters. The number of aliphatic hydroxyl groups is 1. The van der Waals surface area contributed by atoms with E-state index in [4.69, 9.17) is 4.18 Å². The largest absolute Gasteiger partial charge is 0.395 e. The van der Waals surface area contributed by atoms with Gasteiger partial charge in [-0.2, -0.15) is 8.42 Å². The molecule has 0 fully saturated rings. The van der Waals surface area contributed by atoms with Crippen LogP contribution in [0.5, 0.6) is 0 Å². The summed E-state index contributed by atoms with van der Waals surface area (Å²) in [6.45, 7) is 7.83. The smallest absolute Gasteiger partial charge is 0.297 e. The quantitative estimate of drug-likeness (QED) is 0.797. The van der Waals surface area contributed by atoms with E-state index >= 15 is 0 Å². The van der Waals surface area contributed by atoms with Crippen LogP contribution in [0.2, 0.25) is 0 Å². The van der Waals surface area contributed by atoms with Gasteiger partial charge in [0.25, 0.3) is 10.1 Å². The maximum absolute atomic E-state index is 12.3. The maximum atomic E-state index is 12.3. The van der Waals surface area contributed by atoms with Crippen LogP contribution < -0.4 is 0 Å². The van der Waals surface area contributed by atoms with Crippen LogP contribution in [0.25, 0.3) is 0 Å². The lowest BCUT2D eigenvalue weighted by atomic mass is 9.81. The molecule has 2 aromatic rings. The fourth-order valence-corrected chi connectivity index (χ4v) is 3.50. The highest BCUT2D eigenvalue weighted by Gasteiger charge is 2.30. The third-order valence-corrected chi connectivity index (χ3v) is 5.64. The fraction of sp³-hybridized carbons (Fsp3) is 0.400. The van der Waals surface area contributed by atoms with Gasteiger partial charge < -0.3 is 5.11 Å². The second-order valence-corrected chi connectivity index (χ2v) is 9.19. The van der Waals surface area contributed by atoms with Gasteiger partial charge in [-0.25, -0.2) is 0 Å². The molecule has 0 saturated carbocycles. The summed E-state index contributed by atoms with van der Waals surface area (Å²) < 4.78 is 29.9. The summed E-state index contributed by atoms with van der Waals surface area (Å²) in [5, 5.41) is 9.86. The van der Waals surface area contributed by atoms with Crippen molar-refractivity contribution in [2.75, 3.05) is 13.2 Å². The van der Waals surface area contributed by atoms with Gasteiger partial charge >= 0.3 is 0 Å². The first-order chi connectivity index (χ1) is 11.6. The predicted molar refractivity (Wildman–Crippen MR) is 99.2 cm³/mol. The summed E-state index contributed by atoms with van der Waals surface area (Å²) in [5.41, 5.74) is 1.24. The van der Waals surface area contributed by atoms with Crippen molar-refractivity contribution in [1.82, 2.24) is 0 Å². The van der Waals surface area contributed by atoms with Gasteiger partial charge in [-0.3, -0.25) is 4.18 Å². The van der Waals surface area contributed by atoms with Gasteiger partial charge in [0.05, 0.1) is 18.1 Å². The normalized spacial score (nSPS) is 14.9. The predicted octanol–water partition coefficient (Wildman–Crippen LogP) is 3.64. The van der Waals surface area contributed by atoms with Gasteiger partial charge in [0.1, 0.15) is 0 Å². The maximum Gasteiger partial charge on any atom is 0.297 e. The topological polar surface area (TPSA) is 63.6 Å². The van der Waals surface area contributed by atoms with Crippen molar-refractivity contribution < 1.29 is 17.7 Å². The minimum Gasteiger partial charge on any atom is -0.395 e. The van der Waals surface area contributed by atoms with Crippen molar-refractivity contribution in [3.05, 3.63) is 65.7 Å². The van der Waals surface area contributed by atoms with Crippen LogP contribution in [0.15, 0.2) is 59.5 Å². The van der Waals surface area contributed by atoms with Gasteiger partial charge in [-0.05, 0) is 28.7 Å². The second-order valence-electron chi connectivity index (χ2n) is 7.58. The highest BCUT2D eigenvalue weighted by Crippen LogP contribution is 2.29. The van der Waals surface area contributed by atoms with E-state index in [2.05, 4.69) is 20.8 Å². The molecule has 25 heavy (non-hydrogen) atoms. The average molecular weight is 362 g/mol. The molecule has 136 valence electrons. The van der Waals surface area contributed by atoms with Crippen molar-refractivity contribution in [3.8, 4) is 0 Å². The van der Waals surface area contributed by atoms with E-state index in [-0.39, 0.29) is 23.5 Å². The van der Waals surface area contributed by atoms with Gasteiger partial charge in [0, 0.05) is 5.41 Å². The second kappa shape index (κ2) is 7.28. The average Bonchev–Trinajstić information content (AvgIpc) is 2.60. The number of rotatable bonds is 6. The summed E-state index contributed by atoms with van der Waals surface area (Å²) >= 11 is 0. The number of hydrogen-bond donors (Lipinski definition) is 1. The minimum absolute atomic E-state index is 0.0291. The fourth-order valence-electron chi connectivity index (χ4n) is 2.46. The lowest BCUT2D eigenvalue weighted by molar-refractivity contribution is 0.145.